The number of carbonyl (C=O) groups excluding carboxylic acids is 2. The number of nitrogens with one attached hydrogen (secondary N) is 3. The second-order valence-electron chi connectivity index (χ2n) is 6.24. The van der Waals surface area contributed by atoms with Gasteiger partial charge in [0.1, 0.15) is 5.69 Å². The van der Waals surface area contributed by atoms with Crippen LogP contribution in [-0.2, 0) is 4.79 Å². The average Bonchev–Trinajstić information content (AvgIpc) is 2.69. The molecule has 0 saturated heterocycles. The molecule has 2 amide bonds. The minimum Gasteiger partial charge on any atom is -0.326 e. The first-order valence-corrected chi connectivity index (χ1v) is 8.75. The van der Waals surface area contributed by atoms with E-state index in [-0.39, 0.29) is 23.5 Å². The Labute approximate surface area is 167 Å². The molecule has 0 atom stereocenters. The van der Waals surface area contributed by atoms with Crippen LogP contribution in [0.4, 0.5) is 23.0 Å². The fourth-order valence-corrected chi connectivity index (χ4v) is 2.53. The van der Waals surface area contributed by atoms with Gasteiger partial charge in [-0.15, -0.1) is 0 Å². The van der Waals surface area contributed by atoms with Crippen molar-refractivity contribution in [1.29, 1.82) is 5.26 Å². The predicted molar refractivity (Wildman–Crippen MR) is 110 cm³/mol. The zero-order valence-corrected chi connectivity index (χ0v) is 15.9. The normalized spacial score (nSPS) is 9.97. The monoisotopic (exact) mass is 386 g/mol. The minimum atomic E-state index is -0.385. The van der Waals surface area contributed by atoms with Crippen molar-refractivity contribution in [2.45, 2.75) is 13.8 Å². The van der Waals surface area contributed by atoms with Crippen molar-refractivity contribution >= 4 is 34.8 Å². The van der Waals surface area contributed by atoms with Crippen LogP contribution < -0.4 is 16.0 Å². The van der Waals surface area contributed by atoms with Crippen molar-refractivity contribution in [1.82, 2.24) is 9.97 Å². The molecule has 0 aliphatic rings. The van der Waals surface area contributed by atoms with E-state index in [1.165, 1.54) is 6.92 Å². The Morgan fingerprint density at radius 3 is 2.10 bits per heavy atom. The summed E-state index contributed by atoms with van der Waals surface area (Å²) in [5.74, 6) is -0.253. The van der Waals surface area contributed by atoms with Crippen LogP contribution in [0.15, 0.2) is 54.6 Å². The Kier molecular flexibility index (Phi) is 5.80. The highest BCUT2D eigenvalue weighted by Crippen LogP contribution is 2.18. The van der Waals surface area contributed by atoms with Gasteiger partial charge < -0.3 is 16.0 Å². The van der Waals surface area contributed by atoms with Crippen LogP contribution >= 0.6 is 0 Å². The molecule has 3 rings (SSSR count). The fraction of sp³-hybridized carbons (Fsp3) is 0.0952. The molecule has 1 heterocycles. The molecule has 2 aromatic carbocycles. The van der Waals surface area contributed by atoms with Gasteiger partial charge in [0.2, 0.25) is 11.9 Å². The molecule has 0 unspecified atom stereocenters. The van der Waals surface area contributed by atoms with Crippen LogP contribution in [0.25, 0.3) is 0 Å². The van der Waals surface area contributed by atoms with E-state index in [0.717, 1.165) is 0 Å². The van der Waals surface area contributed by atoms with Gasteiger partial charge >= 0.3 is 0 Å². The quantitative estimate of drug-likeness (QED) is 0.616. The predicted octanol–water partition coefficient (Wildman–Crippen LogP) is 3.61. The molecule has 144 valence electrons. The topological polar surface area (TPSA) is 120 Å². The lowest BCUT2D eigenvalue weighted by Crippen LogP contribution is -2.15. The summed E-state index contributed by atoms with van der Waals surface area (Å²) in [4.78, 5) is 32.2. The zero-order valence-electron chi connectivity index (χ0n) is 15.9. The van der Waals surface area contributed by atoms with Gasteiger partial charge in [-0.25, -0.2) is 9.97 Å². The van der Waals surface area contributed by atoms with Crippen LogP contribution in [0.2, 0.25) is 0 Å². The van der Waals surface area contributed by atoms with E-state index >= 15 is 0 Å². The first-order chi connectivity index (χ1) is 13.9. The van der Waals surface area contributed by atoms with Crippen molar-refractivity contribution < 1.29 is 9.59 Å². The summed E-state index contributed by atoms with van der Waals surface area (Å²) in [5, 5.41) is 17.3. The van der Waals surface area contributed by atoms with Crippen molar-refractivity contribution in [3.63, 3.8) is 0 Å². The number of hydrogen-bond donors (Lipinski definition) is 3. The summed E-state index contributed by atoms with van der Waals surface area (Å²) >= 11 is 0. The molecule has 0 fully saturated rings. The molecule has 0 saturated carbocycles. The molecule has 0 radical (unpaired) electrons. The fourth-order valence-electron chi connectivity index (χ4n) is 2.53. The maximum absolute atomic E-state index is 12.5. The van der Waals surface area contributed by atoms with Crippen molar-refractivity contribution in [3.05, 3.63) is 71.5 Å². The zero-order chi connectivity index (χ0) is 20.8. The molecule has 8 heteroatoms. The molecule has 0 spiro atoms. The molecule has 8 nitrogen and oxygen atoms in total. The Balaban J connectivity index is 1.74. The first-order valence-electron chi connectivity index (χ1n) is 8.75. The maximum Gasteiger partial charge on any atom is 0.274 e. The number of carbonyl (C=O) groups is 2. The highest BCUT2D eigenvalue weighted by Gasteiger charge is 2.11. The Morgan fingerprint density at radius 2 is 1.48 bits per heavy atom. The lowest BCUT2D eigenvalue weighted by atomic mass is 10.2. The lowest BCUT2D eigenvalue weighted by molar-refractivity contribution is -0.114. The summed E-state index contributed by atoms with van der Waals surface area (Å²) in [6, 6.07) is 17.2. The summed E-state index contributed by atoms with van der Waals surface area (Å²) in [6.07, 6.45) is 0. The van der Waals surface area contributed by atoms with E-state index in [9.17, 15) is 9.59 Å². The van der Waals surface area contributed by atoms with Crippen molar-refractivity contribution in [2.24, 2.45) is 0 Å². The van der Waals surface area contributed by atoms with Gasteiger partial charge in [-0.1, -0.05) is 0 Å². The highest BCUT2D eigenvalue weighted by atomic mass is 16.2. The van der Waals surface area contributed by atoms with E-state index < -0.39 is 0 Å². The van der Waals surface area contributed by atoms with E-state index in [0.29, 0.717) is 28.3 Å². The van der Waals surface area contributed by atoms with E-state index in [1.54, 1.807) is 61.5 Å². The Bertz CT molecular complexity index is 1090. The average molecular weight is 386 g/mol. The van der Waals surface area contributed by atoms with Gasteiger partial charge in [0.15, 0.2) is 0 Å². The number of benzene rings is 2. The first kappa shape index (κ1) is 19.5. The number of rotatable bonds is 5. The maximum atomic E-state index is 12.5. The molecule has 0 aliphatic heterocycles. The van der Waals surface area contributed by atoms with E-state index in [1.807, 2.05) is 6.07 Å². The summed E-state index contributed by atoms with van der Waals surface area (Å²) in [6.45, 7) is 3.21. The largest absolute Gasteiger partial charge is 0.326 e. The number of anilines is 4. The van der Waals surface area contributed by atoms with E-state index in [2.05, 4.69) is 25.9 Å². The number of nitriles is 1. The molecule has 3 aromatic rings. The van der Waals surface area contributed by atoms with Crippen molar-refractivity contribution in [3.8, 4) is 6.07 Å². The Hall–Kier alpha value is -4.25. The number of nitrogens with zero attached hydrogens (tertiary/aromatic N) is 3. The van der Waals surface area contributed by atoms with Gasteiger partial charge in [0.05, 0.1) is 11.6 Å². The van der Waals surface area contributed by atoms with Crippen LogP contribution in [-0.4, -0.2) is 21.8 Å². The standard InChI is InChI=1S/C21H18N6O2/c1-13-11-19(20(29)25-17-5-3-15(12-22)4-6-17)27-21(23-13)26-18-9-7-16(8-10-18)24-14(2)28/h3-11H,1-2H3,(H,24,28)(H,25,29)(H,23,26,27). The number of aryl methyl sites for hydroxylation is 1. The van der Waals surface area contributed by atoms with Gasteiger partial charge in [0, 0.05) is 29.7 Å². The third-order valence-electron chi connectivity index (χ3n) is 3.82. The molecular formula is C21H18N6O2. The molecule has 29 heavy (non-hydrogen) atoms. The lowest BCUT2D eigenvalue weighted by Gasteiger charge is -2.10. The van der Waals surface area contributed by atoms with Crippen LogP contribution in [0.1, 0.15) is 28.7 Å². The minimum absolute atomic E-state index is 0.148. The number of hydrogen-bond acceptors (Lipinski definition) is 6. The van der Waals surface area contributed by atoms with Crippen LogP contribution in [0, 0.1) is 18.3 Å². The van der Waals surface area contributed by atoms with E-state index in [4.69, 9.17) is 5.26 Å². The second-order valence-corrected chi connectivity index (χ2v) is 6.24. The van der Waals surface area contributed by atoms with Gasteiger partial charge in [0.25, 0.3) is 5.91 Å². The van der Waals surface area contributed by atoms with Gasteiger partial charge in [-0.2, -0.15) is 5.26 Å². The summed E-state index contributed by atoms with van der Waals surface area (Å²) < 4.78 is 0. The van der Waals surface area contributed by atoms with Crippen molar-refractivity contribution in [2.75, 3.05) is 16.0 Å². The molecule has 0 bridgehead atoms. The van der Waals surface area contributed by atoms with Crippen LogP contribution in [0.5, 0.6) is 0 Å². The third kappa shape index (κ3) is 5.37. The van der Waals surface area contributed by atoms with Crippen LogP contribution in [0.3, 0.4) is 0 Å². The molecular weight excluding hydrogens is 368 g/mol. The summed E-state index contributed by atoms with van der Waals surface area (Å²) in [7, 11) is 0. The molecule has 0 aliphatic carbocycles. The number of amides is 2. The second kappa shape index (κ2) is 8.63. The highest BCUT2D eigenvalue weighted by molar-refractivity contribution is 6.03. The third-order valence-corrected chi connectivity index (χ3v) is 3.82. The SMILES string of the molecule is CC(=O)Nc1ccc(Nc2nc(C)cc(C(=O)Nc3ccc(C#N)cc3)n2)cc1. The Morgan fingerprint density at radius 1 is 0.897 bits per heavy atom. The van der Waals surface area contributed by atoms with Gasteiger partial charge in [-0.05, 0) is 61.5 Å². The van der Waals surface area contributed by atoms with Gasteiger partial charge in [-0.3, -0.25) is 9.59 Å². The summed E-state index contributed by atoms with van der Waals surface area (Å²) in [5.41, 5.74) is 3.30. The molecule has 1 aromatic heterocycles. The number of aromatic nitrogens is 2. The smallest absolute Gasteiger partial charge is 0.274 e. The molecule has 3 N–H and O–H groups in total.